The lowest BCUT2D eigenvalue weighted by Crippen LogP contribution is -2.17. The Morgan fingerprint density at radius 1 is 0.690 bits per heavy atom. The maximum absolute atomic E-state index is 5.34. The number of methoxy groups -OCH3 is 2. The van der Waals surface area contributed by atoms with E-state index in [9.17, 15) is 0 Å². The van der Waals surface area contributed by atoms with E-state index in [-0.39, 0.29) is 0 Å². The molecule has 3 aromatic carbocycles. The van der Waals surface area contributed by atoms with E-state index >= 15 is 0 Å². The van der Waals surface area contributed by atoms with Gasteiger partial charge in [0.25, 0.3) is 0 Å². The van der Waals surface area contributed by atoms with Gasteiger partial charge in [0, 0.05) is 20.1 Å². The second-order valence-electron chi connectivity index (χ2n) is 8.03. The van der Waals surface area contributed by atoms with Crippen LogP contribution in [0.4, 0.5) is 0 Å². The molecule has 2 heteroatoms. The van der Waals surface area contributed by atoms with Crippen LogP contribution in [-0.2, 0) is 22.3 Å². The molecule has 0 aliphatic rings. The van der Waals surface area contributed by atoms with Gasteiger partial charge in [-0.15, -0.1) is 0 Å². The normalized spacial score (nSPS) is 11.4. The molecule has 2 nitrogen and oxygen atoms in total. The van der Waals surface area contributed by atoms with Gasteiger partial charge in [0.1, 0.15) is 0 Å². The molecule has 0 saturated carbocycles. The third-order valence-electron chi connectivity index (χ3n) is 5.59. The molecule has 0 bridgehead atoms. The quantitative estimate of drug-likeness (QED) is 0.340. The average Bonchev–Trinajstić information content (AvgIpc) is 2.74. The molecule has 0 fully saturated rings. The minimum absolute atomic E-state index is 0.387. The lowest BCUT2D eigenvalue weighted by molar-refractivity contribution is 0.0849. The number of hydrogen-bond donors (Lipinski definition) is 0. The van der Waals surface area contributed by atoms with Crippen molar-refractivity contribution in [1.82, 2.24) is 0 Å². The van der Waals surface area contributed by atoms with Gasteiger partial charge in [-0.2, -0.15) is 0 Å². The third-order valence-corrected chi connectivity index (χ3v) is 5.59. The zero-order valence-corrected chi connectivity index (χ0v) is 18.1. The number of benzene rings is 3. The summed E-state index contributed by atoms with van der Waals surface area (Å²) in [6, 6.07) is 22.6. The molecule has 0 heterocycles. The molecule has 29 heavy (non-hydrogen) atoms. The SMILES string of the molecule is CCCCCc1ccc(-c2ccc3cc(CC(COC)COC)ccc3c2)cc1. The summed E-state index contributed by atoms with van der Waals surface area (Å²) >= 11 is 0. The highest BCUT2D eigenvalue weighted by Gasteiger charge is 2.10. The van der Waals surface area contributed by atoms with Crippen molar-refractivity contribution in [3.05, 3.63) is 71.8 Å². The maximum Gasteiger partial charge on any atom is 0.0515 e. The zero-order valence-electron chi connectivity index (χ0n) is 18.1. The summed E-state index contributed by atoms with van der Waals surface area (Å²) in [7, 11) is 3.50. The largest absolute Gasteiger partial charge is 0.384 e. The van der Waals surface area contributed by atoms with Crippen LogP contribution in [0.25, 0.3) is 21.9 Å². The minimum atomic E-state index is 0.387. The predicted octanol–water partition coefficient (Wildman–Crippen LogP) is 6.69. The molecule has 0 spiro atoms. The van der Waals surface area contributed by atoms with Gasteiger partial charge < -0.3 is 9.47 Å². The van der Waals surface area contributed by atoms with Crippen molar-refractivity contribution in [2.45, 2.75) is 39.0 Å². The van der Waals surface area contributed by atoms with Crippen LogP contribution in [0.5, 0.6) is 0 Å². The Balaban J connectivity index is 1.73. The van der Waals surface area contributed by atoms with Gasteiger partial charge in [-0.05, 0) is 58.4 Å². The van der Waals surface area contributed by atoms with E-state index in [2.05, 4.69) is 67.6 Å². The lowest BCUT2D eigenvalue weighted by atomic mass is 9.95. The van der Waals surface area contributed by atoms with E-state index < -0.39 is 0 Å². The van der Waals surface area contributed by atoms with E-state index in [1.165, 1.54) is 58.7 Å². The molecule has 0 aromatic heterocycles. The molecule has 3 aromatic rings. The zero-order chi connectivity index (χ0) is 20.5. The van der Waals surface area contributed by atoms with Crippen molar-refractivity contribution in [3.63, 3.8) is 0 Å². The Bertz CT molecular complexity index is 877. The Kier molecular flexibility index (Phi) is 8.27. The molecule has 0 amide bonds. The standard InChI is InChI=1S/C27H34O2/c1-4-5-6-7-21-8-11-24(12-9-21)26-15-14-25-17-22(10-13-27(25)18-26)16-23(19-28-2)20-29-3/h8-15,17-18,23H,4-7,16,19-20H2,1-3H3. The Morgan fingerprint density at radius 2 is 1.31 bits per heavy atom. The maximum atomic E-state index is 5.34. The Hall–Kier alpha value is -2.16. The lowest BCUT2D eigenvalue weighted by Gasteiger charge is -2.15. The molecular weight excluding hydrogens is 356 g/mol. The van der Waals surface area contributed by atoms with Crippen molar-refractivity contribution < 1.29 is 9.47 Å². The fraction of sp³-hybridized carbons (Fsp3) is 0.407. The topological polar surface area (TPSA) is 18.5 Å². The van der Waals surface area contributed by atoms with Gasteiger partial charge in [-0.25, -0.2) is 0 Å². The van der Waals surface area contributed by atoms with Gasteiger partial charge >= 0.3 is 0 Å². The molecule has 0 atom stereocenters. The molecule has 0 aliphatic carbocycles. The van der Waals surface area contributed by atoms with Crippen molar-refractivity contribution in [2.24, 2.45) is 5.92 Å². The monoisotopic (exact) mass is 390 g/mol. The molecule has 0 radical (unpaired) electrons. The van der Waals surface area contributed by atoms with Crippen LogP contribution in [0.15, 0.2) is 60.7 Å². The molecule has 154 valence electrons. The number of unbranched alkanes of at least 4 members (excludes halogenated alkanes) is 2. The van der Waals surface area contributed by atoms with Crippen molar-refractivity contribution in [1.29, 1.82) is 0 Å². The van der Waals surface area contributed by atoms with Crippen LogP contribution < -0.4 is 0 Å². The summed E-state index contributed by atoms with van der Waals surface area (Å²) in [5.74, 6) is 0.387. The van der Waals surface area contributed by atoms with Crippen molar-refractivity contribution in [2.75, 3.05) is 27.4 Å². The fourth-order valence-corrected chi connectivity index (χ4v) is 4.02. The number of aryl methyl sites for hydroxylation is 1. The van der Waals surface area contributed by atoms with Gasteiger partial charge in [0.15, 0.2) is 0 Å². The first-order chi connectivity index (χ1) is 14.2. The van der Waals surface area contributed by atoms with Crippen LogP contribution >= 0.6 is 0 Å². The van der Waals surface area contributed by atoms with Crippen molar-refractivity contribution in [3.8, 4) is 11.1 Å². The van der Waals surface area contributed by atoms with Crippen LogP contribution in [0.3, 0.4) is 0 Å². The van der Waals surface area contributed by atoms with E-state index in [0.29, 0.717) is 5.92 Å². The second kappa shape index (κ2) is 11.1. The highest BCUT2D eigenvalue weighted by Crippen LogP contribution is 2.26. The van der Waals surface area contributed by atoms with E-state index in [0.717, 1.165) is 19.6 Å². The summed E-state index contributed by atoms with van der Waals surface area (Å²) in [6.07, 6.45) is 6.02. The highest BCUT2D eigenvalue weighted by atomic mass is 16.5. The minimum Gasteiger partial charge on any atom is -0.384 e. The van der Waals surface area contributed by atoms with E-state index in [1.807, 2.05) is 0 Å². The van der Waals surface area contributed by atoms with Crippen LogP contribution in [0.2, 0.25) is 0 Å². The van der Waals surface area contributed by atoms with E-state index in [4.69, 9.17) is 9.47 Å². The Morgan fingerprint density at radius 3 is 2.00 bits per heavy atom. The van der Waals surface area contributed by atoms with Gasteiger partial charge in [0.05, 0.1) is 13.2 Å². The first-order valence-electron chi connectivity index (χ1n) is 10.8. The fourth-order valence-electron chi connectivity index (χ4n) is 4.02. The Labute approximate surface area is 175 Å². The summed E-state index contributed by atoms with van der Waals surface area (Å²) < 4.78 is 10.7. The molecule has 0 aliphatic heterocycles. The molecule has 3 rings (SSSR count). The summed E-state index contributed by atoms with van der Waals surface area (Å²) in [6.45, 7) is 3.70. The third kappa shape index (κ3) is 6.16. The number of ether oxygens (including phenoxy) is 2. The summed E-state index contributed by atoms with van der Waals surface area (Å²) in [4.78, 5) is 0. The number of fused-ring (bicyclic) bond motifs is 1. The summed E-state index contributed by atoms with van der Waals surface area (Å²) in [5, 5.41) is 2.57. The van der Waals surface area contributed by atoms with Crippen molar-refractivity contribution >= 4 is 10.8 Å². The van der Waals surface area contributed by atoms with Gasteiger partial charge in [0.2, 0.25) is 0 Å². The first-order valence-corrected chi connectivity index (χ1v) is 10.8. The molecule has 0 N–H and O–H groups in total. The molecule has 0 unspecified atom stereocenters. The molecular formula is C27H34O2. The summed E-state index contributed by atoms with van der Waals surface area (Å²) in [5.41, 5.74) is 5.34. The second-order valence-corrected chi connectivity index (χ2v) is 8.03. The number of hydrogen-bond acceptors (Lipinski definition) is 2. The van der Waals surface area contributed by atoms with Crippen LogP contribution in [0, 0.1) is 5.92 Å². The smallest absolute Gasteiger partial charge is 0.0515 e. The van der Waals surface area contributed by atoms with Crippen LogP contribution in [0.1, 0.15) is 37.3 Å². The van der Waals surface area contributed by atoms with E-state index in [1.54, 1.807) is 14.2 Å². The predicted molar refractivity (Wildman–Crippen MR) is 124 cm³/mol. The highest BCUT2D eigenvalue weighted by molar-refractivity contribution is 5.87. The number of rotatable bonds is 11. The van der Waals surface area contributed by atoms with Crippen LogP contribution in [-0.4, -0.2) is 27.4 Å². The van der Waals surface area contributed by atoms with Gasteiger partial charge in [-0.3, -0.25) is 0 Å². The average molecular weight is 391 g/mol. The van der Waals surface area contributed by atoms with Gasteiger partial charge in [-0.1, -0.05) is 74.4 Å². The first kappa shape index (κ1) is 21.5. The molecule has 0 saturated heterocycles.